The van der Waals surface area contributed by atoms with Crippen molar-refractivity contribution < 1.29 is 18.0 Å². The van der Waals surface area contributed by atoms with Gasteiger partial charge in [0.05, 0.1) is 11.3 Å². The predicted molar refractivity (Wildman–Crippen MR) is 107 cm³/mol. The lowest BCUT2D eigenvalue weighted by molar-refractivity contribution is -0.136. The van der Waals surface area contributed by atoms with E-state index in [0.29, 0.717) is 25.2 Å². The van der Waals surface area contributed by atoms with Gasteiger partial charge in [0.25, 0.3) is 0 Å². The first-order valence-electron chi connectivity index (χ1n) is 8.88. The minimum absolute atomic E-state index is 0.267. The lowest BCUT2D eigenvalue weighted by Gasteiger charge is -2.20. The fourth-order valence-corrected chi connectivity index (χ4v) is 2.65. The summed E-state index contributed by atoms with van der Waals surface area (Å²) in [6.07, 6.45) is -3.91. The zero-order valence-electron chi connectivity index (χ0n) is 16.2. The molecule has 2 amide bonds. The number of para-hydroxylation sites is 1. The van der Waals surface area contributed by atoms with Crippen molar-refractivity contribution in [3.05, 3.63) is 54.1 Å². The van der Waals surface area contributed by atoms with Gasteiger partial charge in [0.1, 0.15) is 0 Å². The third kappa shape index (κ3) is 6.07. The second-order valence-electron chi connectivity index (χ2n) is 6.61. The zero-order valence-corrected chi connectivity index (χ0v) is 16.2. The minimum Gasteiger partial charge on any atom is -0.378 e. The summed E-state index contributed by atoms with van der Waals surface area (Å²) in [6, 6.07) is 12.9. The lowest BCUT2D eigenvalue weighted by Crippen LogP contribution is -2.32. The molecule has 0 heterocycles. The van der Waals surface area contributed by atoms with Crippen molar-refractivity contribution in [2.24, 2.45) is 0 Å². The van der Waals surface area contributed by atoms with E-state index in [1.807, 2.05) is 42.3 Å². The summed E-state index contributed by atoms with van der Waals surface area (Å²) >= 11 is 0. The quantitative estimate of drug-likeness (QED) is 0.684. The Morgan fingerprint density at radius 2 is 1.68 bits per heavy atom. The van der Waals surface area contributed by atoms with Gasteiger partial charge in [0.15, 0.2) is 0 Å². The molecule has 2 rings (SSSR count). The maximum Gasteiger partial charge on any atom is 0.418 e. The van der Waals surface area contributed by atoms with Crippen LogP contribution in [-0.4, -0.2) is 40.3 Å². The van der Waals surface area contributed by atoms with Crippen LogP contribution in [0.15, 0.2) is 48.5 Å². The molecule has 0 fully saturated rings. The summed E-state index contributed by atoms with van der Waals surface area (Å²) in [4.78, 5) is 15.6. The molecule has 28 heavy (non-hydrogen) atoms. The highest BCUT2D eigenvalue weighted by molar-refractivity contribution is 5.90. The van der Waals surface area contributed by atoms with Gasteiger partial charge in [-0.3, -0.25) is 0 Å². The second-order valence-corrected chi connectivity index (χ2v) is 6.61. The fraction of sp³-hybridized carbons (Fsp3) is 0.350. The van der Waals surface area contributed by atoms with Crippen LogP contribution in [0.4, 0.5) is 35.0 Å². The van der Waals surface area contributed by atoms with Crippen LogP contribution < -0.4 is 20.4 Å². The molecule has 0 saturated carbocycles. The minimum atomic E-state index is -4.56. The van der Waals surface area contributed by atoms with Crippen LogP contribution in [0.25, 0.3) is 0 Å². The number of hydrogen-bond acceptors (Lipinski definition) is 3. The fourth-order valence-electron chi connectivity index (χ4n) is 2.65. The SMILES string of the molecule is CN(C)c1ccc(NC(=O)NCCCN(C)c2ccccc2)c(C(F)(F)F)c1. The topological polar surface area (TPSA) is 47.6 Å². The van der Waals surface area contributed by atoms with E-state index in [9.17, 15) is 18.0 Å². The normalized spacial score (nSPS) is 11.1. The molecule has 2 aromatic carbocycles. The van der Waals surface area contributed by atoms with Crippen molar-refractivity contribution in [1.29, 1.82) is 0 Å². The van der Waals surface area contributed by atoms with Crippen molar-refractivity contribution in [2.45, 2.75) is 12.6 Å². The molecule has 0 atom stereocenters. The van der Waals surface area contributed by atoms with Crippen molar-refractivity contribution in [3.8, 4) is 0 Å². The van der Waals surface area contributed by atoms with Crippen LogP contribution in [0.5, 0.6) is 0 Å². The number of urea groups is 1. The molecule has 0 spiro atoms. The third-order valence-electron chi connectivity index (χ3n) is 4.23. The first-order chi connectivity index (χ1) is 13.2. The summed E-state index contributed by atoms with van der Waals surface area (Å²) in [5, 5.41) is 4.90. The van der Waals surface area contributed by atoms with Gasteiger partial charge in [-0.2, -0.15) is 13.2 Å². The summed E-state index contributed by atoms with van der Waals surface area (Å²) in [7, 11) is 5.25. The summed E-state index contributed by atoms with van der Waals surface area (Å²) in [6.45, 7) is 1.05. The number of carbonyl (C=O) groups is 1. The molecular formula is C20H25F3N4O. The van der Waals surface area contributed by atoms with Crippen LogP contribution in [-0.2, 0) is 6.18 Å². The zero-order chi connectivity index (χ0) is 20.7. The van der Waals surface area contributed by atoms with Crippen molar-refractivity contribution in [1.82, 2.24) is 5.32 Å². The Kier molecular flexibility index (Phi) is 7.14. The number of rotatable bonds is 7. The molecule has 2 aromatic rings. The van der Waals surface area contributed by atoms with E-state index >= 15 is 0 Å². The standard InChI is InChI=1S/C20H25F3N4O/c1-26(2)16-10-11-18(17(14-16)20(21,22)23)25-19(28)24-12-7-13-27(3)15-8-5-4-6-9-15/h4-6,8-11,14H,7,12-13H2,1-3H3,(H2,24,25,28). The van der Waals surface area contributed by atoms with Gasteiger partial charge >= 0.3 is 12.2 Å². The number of carbonyl (C=O) groups excluding carboxylic acids is 1. The first kappa shape index (κ1) is 21.4. The van der Waals surface area contributed by atoms with E-state index in [0.717, 1.165) is 11.8 Å². The average Bonchev–Trinajstić information content (AvgIpc) is 2.65. The highest BCUT2D eigenvalue weighted by Gasteiger charge is 2.34. The largest absolute Gasteiger partial charge is 0.418 e. The number of anilines is 3. The Labute approximate surface area is 163 Å². The summed E-state index contributed by atoms with van der Waals surface area (Å²) in [5.74, 6) is 0. The Hall–Kier alpha value is -2.90. The van der Waals surface area contributed by atoms with Crippen LogP contribution in [0, 0.1) is 0 Å². The monoisotopic (exact) mass is 394 g/mol. The highest BCUT2D eigenvalue weighted by atomic mass is 19.4. The van der Waals surface area contributed by atoms with E-state index < -0.39 is 17.8 Å². The van der Waals surface area contributed by atoms with Gasteiger partial charge in [0, 0.05) is 45.6 Å². The smallest absolute Gasteiger partial charge is 0.378 e. The number of amides is 2. The molecule has 0 aliphatic heterocycles. The molecule has 0 unspecified atom stereocenters. The van der Waals surface area contributed by atoms with Gasteiger partial charge in [-0.05, 0) is 36.8 Å². The Bertz CT molecular complexity index is 779. The number of benzene rings is 2. The predicted octanol–water partition coefficient (Wildman–Crippen LogP) is 4.42. The van der Waals surface area contributed by atoms with Gasteiger partial charge in [-0.1, -0.05) is 18.2 Å². The lowest BCUT2D eigenvalue weighted by atomic mass is 10.1. The van der Waals surface area contributed by atoms with Crippen LogP contribution in [0.2, 0.25) is 0 Å². The maximum atomic E-state index is 13.3. The number of nitrogens with one attached hydrogen (secondary N) is 2. The molecule has 0 aliphatic carbocycles. The number of halogens is 3. The molecule has 0 bridgehead atoms. The molecule has 0 aromatic heterocycles. The number of hydrogen-bond donors (Lipinski definition) is 2. The molecule has 2 N–H and O–H groups in total. The summed E-state index contributed by atoms with van der Waals surface area (Å²) in [5.41, 5.74) is 0.319. The first-order valence-corrected chi connectivity index (χ1v) is 8.88. The number of nitrogens with zero attached hydrogens (tertiary/aromatic N) is 2. The van der Waals surface area contributed by atoms with Crippen molar-refractivity contribution in [3.63, 3.8) is 0 Å². The van der Waals surface area contributed by atoms with Crippen molar-refractivity contribution >= 4 is 23.1 Å². The molecule has 0 radical (unpaired) electrons. The molecule has 8 heteroatoms. The van der Waals surface area contributed by atoms with Gasteiger partial charge in [-0.25, -0.2) is 4.79 Å². The molecule has 0 saturated heterocycles. The Balaban J connectivity index is 1.89. The van der Waals surface area contributed by atoms with E-state index in [-0.39, 0.29) is 5.69 Å². The third-order valence-corrected chi connectivity index (χ3v) is 4.23. The average molecular weight is 394 g/mol. The molecule has 5 nitrogen and oxygen atoms in total. The van der Waals surface area contributed by atoms with E-state index in [2.05, 4.69) is 10.6 Å². The maximum absolute atomic E-state index is 13.3. The van der Waals surface area contributed by atoms with Crippen LogP contribution >= 0.6 is 0 Å². The Morgan fingerprint density at radius 3 is 2.29 bits per heavy atom. The highest BCUT2D eigenvalue weighted by Crippen LogP contribution is 2.37. The van der Waals surface area contributed by atoms with Crippen LogP contribution in [0.3, 0.4) is 0 Å². The Morgan fingerprint density at radius 1 is 1.00 bits per heavy atom. The van der Waals surface area contributed by atoms with Gasteiger partial charge < -0.3 is 20.4 Å². The number of alkyl halides is 3. The van der Waals surface area contributed by atoms with Gasteiger partial charge in [0.2, 0.25) is 0 Å². The summed E-state index contributed by atoms with van der Waals surface area (Å²) < 4.78 is 39.9. The van der Waals surface area contributed by atoms with E-state index in [1.54, 1.807) is 19.0 Å². The van der Waals surface area contributed by atoms with Gasteiger partial charge in [-0.15, -0.1) is 0 Å². The van der Waals surface area contributed by atoms with E-state index in [1.165, 1.54) is 12.1 Å². The van der Waals surface area contributed by atoms with E-state index in [4.69, 9.17) is 0 Å². The molecule has 0 aliphatic rings. The molecule has 152 valence electrons. The van der Waals surface area contributed by atoms with Crippen molar-refractivity contribution in [2.75, 3.05) is 49.3 Å². The van der Waals surface area contributed by atoms with Crippen LogP contribution in [0.1, 0.15) is 12.0 Å². The molecular weight excluding hydrogens is 369 g/mol. The second kappa shape index (κ2) is 9.34.